The summed E-state index contributed by atoms with van der Waals surface area (Å²) in [6.07, 6.45) is 1.85. The van der Waals surface area contributed by atoms with Crippen LogP contribution in [-0.4, -0.2) is 41.5 Å². The number of hydrogen-bond donors (Lipinski definition) is 1. The van der Waals surface area contributed by atoms with Crippen LogP contribution in [0.1, 0.15) is 41.5 Å². The number of aromatic nitrogens is 6. The van der Waals surface area contributed by atoms with Crippen LogP contribution in [0.2, 0.25) is 5.02 Å². The molecule has 8 nitrogen and oxygen atoms in total. The molecule has 0 aliphatic rings. The van der Waals surface area contributed by atoms with Gasteiger partial charge in [-0.15, -0.1) is 0 Å². The Hall–Kier alpha value is -3.73. The molecule has 1 aromatic carbocycles. The van der Waals surface area contributed by atoms with Crippen molar-refractivity contribution >= 4 is 17.5 Å². The quantitative estimate of drug-likeness (QED) is 0.432. The Balaban J connectivity index is 1.51. The molecule has 0 unspecified atom stereocenters. The molecule has 1 amide bonds. The van der Waals surface area contributed by atoms with Gasteiger partial charge in [0, 0.05) is 34.9 Å². The van der Waals surface area contributed by atoms with Crippen LogP contribution in [0.3, 0.4) is 0 Å². The molecule has 4 rings (SSSR count). The first-order valence-corrected chi connectivity index (χ1v) is 10.6. The van der Waals surface area contributed by atoms with Gasteiger partial charge in [0.25, 0.3) is 5.91 Å². The largest absolute Gasteiger partial charge is 0.416 e. The Bertz CT molecular complexity index is 1290. The van der Waals surface area contributed by atoms with Crippen LogP contribution in [-0.2, 0) is 6.18 Å². The van der Waals surface area contributed by atoms with Crippen molar-refractivity contribution in [3.05, 3.63) is 83.3 Å². The summed E-state index contributed by atoms with van der Waals surface area (Å²) in [7, 11) is 0. The molecule has 0 fully saturated rings. The summed E-state index contributed by atoms with van der Waals surface area (Å²) in [4.78, 5) is 21.4. The van der Waals surface area contributed by atoms with Gasteiger partial charge in [-0.2, -0.15) is 28.1 Å². The Kier molecular flexibility index (Phi) is 6.38. The molecule has 2 atom stereocenters. The molecule has 176 valence electrons. The zero-order valence-electron chi connectivity index (χ0n) is 18.0. The van der Waals surface area contributed by atoms with Crippen LogP contribution in [0, 0.1) is 0 Å². The first-order valence-electron chi connectivity index (χ1n) is 10.2. The van der Waals surface area contributed by atoms with E-state index < -0.39 is 23.7 Å². The van der Waals surface area contributed by atoms with Crippen LogP contribution in [0.25, 0.3) is 11.5 Å². The predicted molar refractivity (Wildman–Crippen MR) is 118 cm³/mol. The first-order chi connectivity index (χ1) is 16.1. The van der Waals surface area contributed by atoms with Gasteiger partial charge in [-0.25, -0.2) is 14.6 Å². The molecule has 0 saturated heterocycles. The predicted octanol–water partition coefficient (Wildman–Crippen LogP) is 4.44. The Labute approximate surface area is 197 Å². The summed E-state index contributed by atoms with van der Waals surface area (Å²) < 4.78 is 42.4. The normalized spacial score (nSPS) is 13.5. The highest BCUT2D eigenvalue weighted by molar-refractivity contribution is 6.31. The number of hydrogen-bond acceptors (Lipinski definition) is 5. The molecule has 34 heavy (non-hydrogen) atoms. The van der Waals surface area contributed by atoms with Crippen molar-refractivity contribution in [1.82, 2.24) is 34.8 Å². The minimum atomic E-state index is -4.62. The third-order valence-electron chi connectivity index (χ3n) is 5.30. The second-order valence-corrected chi connectivity index (χ2v) is 8.07. The van der Waals surface area contributed by atoms with Crippen molar-refractivity contribution in [2.75, 3.05) is 0 Å². The van der Waals surface area contributed by atoms with Crippen LogP contribution >= 0.6 is 11.6 Å². The molecular formula is C22H19ClF3N7O. The van der Waals surface area contributed by atoms with E-state index in [2.05, 4.69) is 25.5 Å². The lowest BCUT2D eigenvalue weighted by Gasteiger charge is -2.21. The first kappa shape index (κ1) is 23.4. The highest BCUT2D eigenvalue weighted by Crippen LogP contribution is 2.32. The van der Waals surface area contributed by atoms with Gasteiger partial charge in [0.15, 0.2) is 5.82 Å². The second kappa shape index (κ2) is 9.26. The molecular weight excluding hydrogens is 471 g/mol. The number of carbonyl (C=O) groups excluding carboxylic acids is 1. The lowest BCUT2D eigenvalue weighted by atomic mass is 10.0. The number of halogens is 4. The van der Waals surface area contributed by atoms with Gasteiger partial charge < -0.3 is 5.32 Å². The summed E-state index contributed by atoms with van der Waals surface area (Å²) >= 11 is 5.80. The van der Waals surface area contributed by atoms with Crippen LogP contribution in [0.5, 0.6) is 0 Å². The van der Waals surface area contributed by atoms with E-state index in [1.165, 1.54) is 12.4 Å². The number of pyridine rings is 1. The minimum Gasteiger partial charge on any atom is -0.349 e. The fraction of sp³-hybridized carbons (Fsp3) is 0.227. The molecule has 12 heteroatoms. The Morgan fingerprint density at radius 3 is 2.56 bits per heavy atom. The van der Waals surface area contributed by atoms with Crippen molar-refractivity contribution in [3.8, 4) is 11.5 Å². The summed E-state index contributed by atoms with van der Waals surface area (Å²) in [5, 5.41) is 10.9. The maximum Gasteiger partial charge on any atom is 0.416 e. The molecule has 1 N–H and O–H groups in total. The van der Waals surface area contributed by atoms with Crippen molar-refractivity contribution in [2.45, 2.75) is 32.0 Å². The summed E-state index contributed by atoms with van der Waals surface area (Å²) in [6.45, 7) is 3.55. The fourth-order valence-corrected chi connectivity index (χ4v) is 3.56. The van der Waals surface area contributed by atoms with E-state index in [0.29, 0.717) is 11.6 Å². The molecule has 0 radical (unpaired) electrons. The maximum absolute atomic E-state index is 13.1. The molecule has 3 heterocycles. The number of nitrogens with zero attached hydrogens (tertiary/aromatic N) is 6. The summed E-state index contributed by atoms with van der Waals surface area (Å²) in [6, 6.07) is 7.63. The van der Waals surface area contributed by atoms with Crippen molar-refractivity contribution in [1.29, 1.82) is 0 Å². The van der Waals surface area contributed by atoms with Gasteiger partial charge in [0.05, 0.1) is 17.4 Å². The van der Waals surface area contributed by atoms with Gasteiger partial charge in [-0.3, -0.25) is 4.79 Å². The smallest absolute Gasteiger partial charge is 0.349 e. The zero-order valence-corrected chi connectivity index (χ0v) is 18.8. The number of rotatable bonds is 6. The average Bonchev–Trinajstić information content (AvgIpc) is 3.50. The number of alkyl halides is 3. The maximum atomic E-state index is 13.1. The van der Waals surface area contributed by atoms with E-state index in [1.807, 2.05) is 13.0 Å². The van der Waals surface area contributed by atoms with E-state index >= 15 is 0 Å². The van der Waals surface area contributed by atoms with E-state index in [1.54, 1.807) is 47.0 Å². The minimum absolute atomic E-state index is 0.176. The molecule has 0 aliphatic heterocycles. The number of amides is 1. The van der Waals surface area contributed by atoms with E-state index in [9.17, 15) is 18.0 Å². The van der Waals surface area contributed by atoms with Crippen LogP contribution in [0.4, 0.5) is 13.2 Å². The average molecular weight is 490 g/mol. The Morgan fingerprint density at radius 2 is 1.91 bits per heavy atom. The van der Waals surface area contributed by atoms with Gasteiger partial charge >= 0.3 is 6.18 Å². The number of carbonyl (C=O) groups is 1. The number of nitrogens with one attached hydrogen (secondary N) is 1. The summed E-state index contributed by atoms with van der Waals surface area (Å²) in [5.74, 6) is 0.00749. The highest BCUT2D eigenvalue weighted by atomic mass is 35.5. The third-order valence-corrected chi connectivity index (χ3v) is 5.51. The SMILES string of the molecule is C[C@H](NC(=O)c1cc(Cl)cc(C(F)(F)F)c1)[C@H](C)c1ncnn1-c1ccc(-n2cccn2)cn1. The van der Waals surface area contributed by atoms with Gasteiger partial charge in [0.2, 0.25) is 0 Å². The second-order valence-electron chi connectivity index (χ2n) is 7.63. The third kappa shape index (κ3) is 4.93. The molecule has 4 aromatic rings. The fourth-order valence-electron chi connectivity index (χ4n) is 3.32. The zero-order chi connectivity index (χ0) is 24.5. The van der Waals surface area contributed by atoms with Crippen LogP contribution < -0.4 is 5.32 Å². The van der Waals surface area contributed by atoms with E-state index in [-0.39, 0.29) is 16.5 Å². The van der Waals surface area contributed by atoms with E-state index in [4.69, 9.17) is 11.6 Å². The van der Waals surface area contributed by atoms with Crippen LogP contribution in [0.15, 0.2) is 61.3 Å². The molecule has 0 saturated carbocycles. The number of benzene rings is 1. The molecule has 0 bridgehead atoms. The van der Waals surface area contributed by atoms with Crippen molar-refractivity contribution < 1.29 is 18.0 Å². The molecule has 0 aliphatic carbocycles. The highest BCUT2D eigenvalue weighted by Gasteiger charge is 2.32. The Morgan fingerprint density at radius 1 is 1.12 bits per heavy atom. The van der Waals surface area contributed by atoms with Gasteiger partial charge in [-0.1, -0.05) is 18.5 Å². The monoisotopic (exact) mass is 489 g/mol. The summed E-state index contributed by atoms with van der Waals surface area (Å²) in [5.41, 5.74) is -0.407. The standard InChI is InChI=1S/C22H19ClF3N7O/c1-13(14(2)31-21(34)15-8-16(22(24,25)26)10-17(23)9-15)20-28-12-30-33(20)19-5-4-18(11-27-19)32-7-3-6-29-32/h3-14H,1-2H3,(H,31,34)/t13-,14-/m0/s1. The molecule has 3 aromatic heterocycles. The van der Waals surface area contributed by atoms with Gasteiger partial charge in [0.1, 0.15) is 12.2 Å². The van der Waals surface area contributed by atoms with Gasteiger partial charge in [-0.05, 0) is 43.3 Å². The lowest BCUT2D eigenvalue weighted by Crippen LogP contribution is -2.37. The lowest BCUT2D eigenvalue weighted by molar-refractivity contribution is -0.137. The topological polar surface area (TPSA) is 90.5 Å². The van der Waals surface area contributed by atoms with Crippen molar-refractivity contribution in [2.24, 2.45) is 0 Å². The van der Waals surface area contributed by atoms with E-state index in [0.717, 1.165) is 17.8 Å². The van der Waals surface area contributed by atoms with Crippen molar-refractivity contribution in [3.63, 3.8) is 0 Å². The molecule has 0 spiro atoms.